The number of carbonyl (C=O) groups is 1. The van der Waals surface area contributed by atoms with Gasteiger partial charge in [0.25, 0.3) is 0 Å². The Labute approximate surface area is 205 Å². The van der Waals surface area contributed by atoms with E-state index >= 15 is 0 Å². The summed E-state index contributed by atoms with van der Waals surface area (Å²) in [5, 5.41) is 0.654. The van der Waals surface area contributed by atoms with Crippen molar-refractivity contribution in [1.29, 1.82) is 0 Å². The highest BCUT2D eigenvalue weighted by Crippen LogP contribution is 2.38. The first-order valence-electron chi connectivity index (χ1n) is 10.3. The van der Waals surface area contributed by atoms with E-state index < -0.39 is 17.7 Å². The van der Waals surface area contributed by atoms with E-state index in [0.717, 1.165) is 11.1 Å². The Morgan fingerprint density at radius 1 is 1.25 bits per heavy atom. The first-order chi connectivity index (χ1) is 15.1. The molecule has 170 valence electrons. The van der Waals surface area contributed by atoms with Crippen LogP contribution in [0.1, 0.15) is 65.6 Å². The van der Waals surface area contributed by atoms with Gasteiger partial charge in [0.15, 0.2) is 10.4 Å². The molecule has 1 aromatic heterocycles. The molecular formula is C24H24BrCl2FN2O2. The molecule has 0 aliphatic carbocycles. The Morgan fingerprint density at radius 2 is 1.97 bits per heavy atom. The van der Waals surface area contributed by atoms with Gasteiger partial charge in [0.05, 0.1) is 17.3 Å². The number of ether oxygens (including phenoxy) is 1. The number of halogens is 4. The van der Waals surface area contributed by atoms with Gasteiger partial charge in [-0.15, -0.1) is 0 Å². The fourth-order valence-corrected chi connectivity index (χ4v) is 5.10. The molecule has 4 nitrogen and oxygen atoms in total. The minimum Gasteiger partial charge on any atom is -0.461 e. The molecule has 1 unspecified atom stereocenters. The minimum atomic E-state index is -0.522. The minimum absolute atomic E-state index is 0.0191. The topological polar surface area (TPSA) is 44.1 Å². The zero-order chi connectivity index (χ0) is 23.6. The normalized spacial score (nSPS) is 12.3. The van der Waals surface area contributed by atoms with Crippen molar-refractivity contribution in [3.63, 3.8) is 0 Å². The van der Waals surface area contributed by atoms with E-state index in [0.29, 0.717) is 21.0 Å². The second kappa shape index (κ2) is 10.4. The van der Waals surface area contributed by atoms with Gasteiger partial charge in [0.2, 0.25) is 0 Å². The predicted molar refractivity (Wildman–Crippen MR) is 129 cm³/mol. The summed E-state index contributed by atoms with van der Waals surface area (Å²) in [5.41, 5.74) is 3.13. The molecule has 32 heavy (non-hydrogen) atoms. The van der Waals surface area contributed by atoms with Crippen LogP contribution >= 0.6 is 39.1 Å². The highest BCUT2D eigenvalue weighted by Gasteiger charge is 2.32. The molecule has 3 rings (SSSR count). The van der Waals surface area contributed by atoms with Gasteiger partial charge < -0.3 is 9.30 Å². The van der Waals surface area contributed by atoms with E-state index in [1.165, 1.54) is 6.07 Å². The largest absolute Gasteiger partial charge is 0.461 e. The van der Waals surface area contributed by atoms with Gasteiger partial charge in [-0.1, -0.05) is 41.4 Å². The molecule has 0 spiro atoms. The number of aromatic nitrogens is 2. The van der Waals surface area contributed by atoms with E-state index in [9.17, 15) is 9.18 Å². The van der Waals surface area contributed by atoms with Crippen LogP contribution in [-0.2, 0) is 11.2 Å². The maximum atomic E-state index is 14.9. The summed E-state index contributed by atoms with van der Waals surface area (Å²) in [7, 11) is 0. The van der Waals surface area contributed by atoms with Gasteiger partial charge in [0, 0.05) is 17.0 Å². The Bertz CT molecular complexity index is 1150. The SMILES string of the molecule is CCOC(=O)c1nc(Br)n(C(C)C)c1C(Cc1cccc(Cl)c1F)c1ccc(Cl)cc1C. The van der Waals surface area contributed by atoms with E-state index in [1.54, 1.807) is 25.1 Å². The molecule has 0 radical (unpaired) electrons. The van der Waals surface area contributed by atoms with Crippen molar-refractivity contribution in [3.05, 3.63) is 85.1 Å². The third-order valence-corrected chi connectivity index (χ3v) is 6.37. The number of nitrogens with zero attached hydrogens (tertiary/aromatic N) is 2. The van der Waals surface area contributed by atoms with Crippen LogP contribution in [-0.4, -0.2) is 22.1 Å². The molecule has 0 amide bonds. The zero-order valence-electron chi connectivity index (χ0n) is 18.3. The lowest BCUT2D eigenvalue weighted by atomic mass is 9.85. The lowest BCUT2D eigenvalue weighted by Crippen LogP contribution is -2.19. The van der Waals surface area contributed by atoms with Crippen molar-refractivity contribution >= 4 is 45.1 Å². The molecule has 1 heterocycles. The van der Waals surface area contributed by atoms with Crippen molar-refractivity contribution < 1.29 is 13.9 Å². The monoisotopic (exact) mass is 540 g/mol. The fourth-order valence-electron chi connectivity index (χ4n) is 3.90. The molecule has 0 aliphatic heterocycles. The number of rotatable bonds is 7. The predicted octanol–water partition coefficient (Wildman–Crippen LogP) is 7.53. The van der Waals surface area contributed by atoms with Crippen LogP contribution in [0.5, 0.6) is 0 Å². The summed E-state index contributed by atoms with van der Waals surface area (Å²) in [4.78, 5) is 17.4. The van der Waals surface area contributed by atoms with Crippen LogP contribution in [0, 0.1) is 12.7 Å². The molecule has 2 aromatic carbocycles. The second-order valence-corrected chi connectivity index (χ2v) is 9.32. The van der Waals surface area contributed by atoms with E-state index in [-0.39, 0.29) is 29.8 Å². The van der Waals surface area contributed by atoms with Crippen LogP contribution in [0.25, 0.3) is 0 Å². The molecule has 1 atom stereocenters. The Kier molecular flexibility index (Phi) is 8.01. The molecule has 0 saturated heterocycles. The number of carbonyl (C=O) groups excluding carboxylic acids is 1. The van der Waals surface area contributed by atoms with E-state index in [2.05, 4.69) is 20.9 Å². The Morgan fingerprint density at radius 3 is 2.59 bits per heavy atom. The van der Waals surface area contributed by atoms with Gasteiger partial charge in [-0.25, -0.2) is 14.2 Å². The lowest BCUT2D eigenvalue weighted by molar-refractivity contribution is 0.0518. The number of aryl methyl sites for hydroxylation is 1. The zero-order valence-corrected chi connectivity index (χ0v) is 21.4. The average molecular weight is 542 g/mol. The van der Waals surface area contributed by atoms with Gasteiger partial charge in [0.1, 0.15) is 5.82 Å². The standard InChI is InChI=1S/C24H24BrCl2FN2O2/c1-5-32-23(31)21-22(30(13(2)3)24(25)29-21)18(17-10-9-16(26)11-14(17)4)12-15-7-6-8-19(27)20(15)28/h6-11,13,18H,5,12H2,1-4H3. The van der Waals surface area contributed by atoms with Crippen molar-refractivity contribution in [2.75, 3.05) is 6.61 Å². The molecular weight excluding hydrogens is 518 g/mol. The molecule has 0 N–H and O–H groups in total. The van der Waals surface area contributed by atoms with Gasteiger partial charge >= 0.3 is 5.97 Å². The van der Waals surface area contributed by atoms with Crippen LogP contribution in [0.4, 0.5) is 4.39 Å². The number of imidazole rings is 1. The third-order valence-electron chi connectivity index (χ3n) is 5.28. The summed E-state index contributed by atoms with van der Waals surface area (Å²) in [5.74, 6) is -1.40. The summed E-state index contributed by atoms with van der Waals surface area (Å²) in [6.45, 7) is 7.90. The molecule has 8 heteroatoms. The van der Waals surface area contributed by atoms with Crippen molar-refractivity contribution in [2.45, 2.75) is 46.1 Å². The Balaban J connectivity index is 2.30. The van der Waals surface area contributed by atoms with Crippen LogP contribution in [0.15, 0.2) is 41.1 Å². The number of esters is 1. The molecule has 0 saturated carbocycles. The maximum absolute atomic E-state index is 14.9. The van der Waals surface area contributed by atoms with E-state index in [1.807, 2.05) is 37.5 Å². The third kappa shape index (κ3) is 5.03. The maximum Gasteiger partial charge on any atom is 0.358 e. The summed E-state index contributed by atoms with van der Waals surface area (Å²) in [6, 6.07) is 10.5. The smallest absolute Gasteiger partial charge is 0.358 e. The van der Waals surface area contributed by atoms with Crippen molar-refractivity contribution in [1.82, 2.24) is 9.55 Å². The van der Waals surface area contributed by atoms with Crippen molar-refractivity contribution in [2.24, 2.45) is 0 Å². The quantitative estimate of drug-likeness (QED) is 0.290. The van der Waals surface area contributed by atoms with Crippen LogP contribution < -0.4 is 0 Å². The number of hydrogen-bond donors (Lipinski definition) is 0. The average Bonchev–Trinajstić information content (AvgIpc) is 3.07. The first-order valence-corrected chi connectivity index (χ1v) is 11.8. The van der Waals surface area contributed by atoms with Gasteiger partial charge in [-0.3, -0.25) is 0 Å². The second-order valence-electron chi connectivity index (χ2n) is 7.77. The molecule has 0 bridgehead atoms. The molecule has 0 aliphatic rings. The van der Waals surface area contributed by atoms with E-state index in [4.69, 9.17) is 27.9 Å². The highest BCUT2D eigenvalue weighted by molar-refractivity contribution is 9.10. The lowest BCUT2D eigenvalue weighted by Gasteiger charge is -2.25. The highest BCUT2D eigenvalue weighted by atomic mass is 79.9. The summed E-state index contributed by atoms with van der Waals surface area (Å²) in [6.07, 6.45) is 0.270. The van der Waals surface area contributed by atoms with Crippen molar-refractivity contribution in [3.8, 4) is 0 Å². The summed E-state index contributed by atoms with van der Waals surface area (Å²) >= 11 is 15.8. The fraction of sp³-hybridized carbons (Fsp3) is 0.333. The van der Waals surface area contributed by atoms with Crippen LogP contribution in [0.3, 0.4) is 0 Å². The Hall–Kier alpha value is -1.89. The molecule has 0 fully saturated rings. The summed E-state index contributed by atoms with van der Waals surface area (Å²) < 4.78 is 22.7. The van der Waals surface area contributed by atoms with Gasteiger partial charge in [-0.2, -0.15) is 0 Å². The van der Waals surface area contributed by atoms with Crippen LogP contribution in [0.2, 0.25) is 10.0 Å². The van der Waals surface area contributed by atoms with Gasteiger partial charge in [-0.05, 0) is 84.9 Å². The first kappa shape index (κ1) is 24.7. The molecule has 3 aromatic rings. The number of benzene rings is 2. The number of hydrogen-bond acceptors (Lipinski definition) is 3.